The van der Waals surface area contributed by atoms with E-state index in [2.05, 4.69) is 15.4 Å². The summed E-state index contributed by atoms with van der Waals surface area (Å²) in [5.41, 5.74) is -0.337. The highest BCUT2D eigenvalue weighted by Crippen LogP contribution is 2.47. The minimum atomic E-state index is -3.99. The summed E-state index contributed by atoms with van der Waals surface area (Å²) in [6, 6.07) is 5.48. The second-order valence-electron chi connectivity index (χ2n) is 15.8. The van der Waals surface area contributed by atoms with E-state index in [0.29, 0.717) is 38.8 Å². The molecule has 2 aliphatic carbocycles. The summed E-state index contributed by atoms with van der Waals surface area (Å²) in [7, 11) is -3.99. The molecule has 14 nitrogen and oxygen atoms in total. The summed E-state index contributed by atoms with van der Waals surface area (Å²) in [4.78, 5) is 71.4. The molecule has 6 rings (SSSR count). The smallest absolute Gasteiger partial charge is 0.410 e. The molecule has 278 valence electrons. The van der Waals surface area contributed by atoms with Crippen LogP contribution in [0, 0.1) is 5.92 Å². The van der Waals surface area contributed by atoms with Gasteiger partial charge in [0.1, 0.15) is 29.3 Å². The molecule has 2 saturated carbocycles. The van der Waals surface area contributed by atoms with Crippen LogP contribution < -0.4 is 15.4 Å². The van der Waals surface area contributed by atoms with Gasteiger partial charge in [0, 0.05) is 25.4 Å². The number of carbonyl (C=O) groups excluding carboxylic acids is 5. The van der Waals surface area contributed by atoms with E-state index in [0.717, 1.165) is 24.0 Å². The molecule has 5 amide bonds. The predicted molar refractivity (Wildman–Crippen MR) is 185 cm³/mol. The van der Waals surface area contributed by atoms with Crippen molar-refractivity contribution in [2.24, 2.45) is 5.92 Å². The van der Waals surface area contributed by atoms with E-state index in [1.165, 1.54) is 4.90 Å². The van der Waals surface area contributed by atoms with E-state index in [-0.39, 0.29) is 25.8 Å². The van der Waals surface area contributed by atoms with Gasteiger partial charge in [-0.3, -0.25) is 24.0 Å². The Kier molecular flexibility index (Phi) is 9.90. The Hall–Kier alpha value is -4.14. The third kappa shape index (κ3) is 8.02. The number of allylic oxidation sites excluding steroid dienone is 1. The number of hydrogen-bond donors (Lipinski definition) is 3. The van der Waals surface area contributed by atoms with Crippen molar-refractivity contribution in [2.75, 3.05) is 6.54 Å². The van der Waals surface area contributed by atoms with Gasteiger partial charge in [-0.15, -0.1) is 0 Å². The Morgan fingerprint density at radius 1 is 1.02 bits per heavy atom. The molecule has 3 fully saturated rings. The largest absolute Gasteiger partial charge is 0.444 e. The van der Waals surface area contributed by atoms with Crippen LogP contribution in [0.1, 0.15) is 96.6 Å². The fourth-order valence-corrected chi connectivity index (χ4v) is 8.39. The number of benzene rings is 1. The molecule has 1 aromatic rings. The number of fused-ring (bicyclic) bond motifs is 3. The fourth-order valence-electron chi connectivity index (χ4n) is 7.08. The Morgan fingerprint density at radius 2 is 1.71 bits per heavy atom. The van der Waals surface area contributed by atoms with Gasteiger partial charge in [-0.1, -0.05) is 49.3 Å². The Morgan fingerprint density at radius 3 is 2.35 bits per heavy atom. The average Bonchev–Trinajstić information content (AvgIpc) is 3.84. The predicted octanol–water partition coefficient (Wildman–Crippen LogP) is 3.40. The molecule has 0 bridgehead atoms. The molecule has 1 saturated heterocycles. The average molecular weight is 728 g/mol. The Bertz CT molecular complexity index is 1690. The minimum absolute atomic E-state index is 0.0577. The second-order valence-corrected chi connectivity index (χ2v) is 18.0. The number of alkyl carbamates (subject to hydrolysis) is 1. The molecule has 3 heterocycles. The van der Waals surface area contributed by atoms with Crippen molar-refractivity contribution in [1.82, 2.24) is 25.2 Å². The van der Waals surface area contributed by atoms with E-state index in [4.69, 9.17) is 9.47 Å². The van der Waals surface area contributed by atoms with E-state index < -0.39 is 79.9 Å². The summed E-state index contributed by atoms with van der Waals surface area (Å²) < 4.78 is 38.7. The molecule has 51 heavy (non-hydrogen) atoms. The van der Waals surface area contributed by atoms with Gasteiger partial charge in [-0.25, -0.2) is 18.0 Å². The molecule has 5 atom stereocenters. The Balaban J connectivity index is 1.25. The van der Waals surface area contributed by atoms with Gasteiger partial charge in [-0.2, -0.15) is 0 Å². The first-order valence-electron chi connectivity index (χ1n) is 17.9. The lowest BCUT2D eigenvalue weighted by molar-refractivity contribution is -0.141. The number of nitrogens with zero attached hydrogens (tertiary/aromatic N) is 2. The number of hydrogen-bond acceptors (Lipinski definition) is 9. The summed E-state index contributed by atoms with van der Waals surface area (Å²) >= 11 is 0. The zero-order chi connectivity index (χ0) is 36.8. The van der Waals surface area contributed by atoms with Crippen LogP contribution >= 0.6 is 0 Å². The Labute approximate surface area is 299 Å². The lowest BCUT2D eigenvalue weighted by atomic mass is 10.0. The summed E-state index contributed by atoms with van der Waals surface area (Å²) in [5.74, 6) is -2.50. The fraction of sp³-hybridized carbons (Fsp3) is 0.639. The van der Waals surface area contributed by atoms with Gasteiger partial charge in [0.2, 0.25) is 21.8 Å². The maximum atomic E-state index is 14.3. The van der Waals surface area contributed by atoms with Gasteiger partial charge < -0.3 is 25.0 Å². The van der Waals surface area contributed by atoms with E-state index in [1.54, 1.807) is 32.6 Å². The molecule has 0 unspecified atom stereocenters. The zero-order valence-electron chi connectivity index (χ0n) is 29.7. The van der Waals surface area contributed by atoms with Gasteiger partial charge in [0.05, 0.1) is 11.3 Å². The molecule has 0 aromatic heterocycles. The maximum absolute atomic E-state index is 14.3. The summed E-state index contributed by atoms with van der Waals surface area (Å²) in [6.07, 6.45) is 5.62. The molecular weight excluding hydrogens is 678 g/mol. The van der Waals surface area contributed by atoms with E-state index >= 15 is 0 Å². The van der Waals surface area contributed by atoms with Crippen molar-refractivity contribution in [3.63, 3.8) is 0 Å². The first kappa shape index (κ1) is 36.6. The van der Waals surface area contributed by atoms with Crippen molar-refractivity contribution in [1.29, 1.82) is 0 Å². The zero-order valence-corrected chi connectivity index (χ0v) is 30.6. The standard InChI is InChI=1S/C36H49N5O9S/c1-34(2,3)50-32(45)37-27-15-9-7-5-6-8-14-25-19-36(25,31(44)39-51(47,48)35(4)16-17-35)38-29(42)28-18-26(22-41(28)30(27)43)49-33(46)40-20-23-12-10-11-13-24(23)21-40/h8,10-14,25-28H,5-7,9,15-22H2,1-4H3,(H,37,45)(H,38,42)(H,39,44)/b14-8-/t25-,26+,27-,28-,36-/m0/s1. The number of nitrogens with one attached hydrogen (secondary N) is 3. The highest BCUT2D eigenvalue weighted by molar-refractivity contribution is 7.91. The third-order valence-corrected chi connectivity index (χ3v) is 12.7. The highest BCUT2D eigenvalue weighted by Gasteiger charge is 2.63. The van der Waals surface area contributed by atoms with Crippen LogP contribution in [0.4, 0.5) is 9.59 Å². The molecule has 0 radical (unpaired) electrons. The van der Waals surface area contributed by atoms with E-state index in [1.807, 2.05) is 36.4 Å². The molecule has 5 aliphatic rings. The first-order valence-corrected chi connectivity index (χ1v) is 19.4. The minimum Gasteiger partial charge on any atom is -0.444 e. The van der Waals surface area contributed by atoms with Crippen LogP contribution in [0.2, 0.25) is 0 Å². The molecule has 3 N–H and O–H groups in total. The van der Waals surface area contributed by atoms with Crippen molar-refractivity contribution in [3.8, 4) is 0 Å². The summed E-state index contributed by atoms with van der Waals surface area (Å²) in [5, 5.41) is 5.53. The monoisotopic (exact) mass is 727 g/mol. The summed E-state index contributed by atoms with van der Waals surface area (Å²) in [6.45, 7) is 7.32. The van der Waals surface area contributed by atoms with Crippen molar-refractivity contribution >= 4 is 39.9 Å². The van der Waals surface area contributed by atoms with Crippen molar-refractivity contribution < 1.29 is 41.9 Å². The van der Waals surface area contributed by atoms with Crippen LogP contribution in [0.3, 0.4) is 0 Å². The molecule has 1 aromatic carbocycles. The molecule has 3 aliphatic heterocycles. The van der Waals surface area contributed by atoms with Crippen molar-refractivity contribution in [2.45, 2.75) is 133 Å². The number of carbonyl (C=O) groups is 5. The molecule has 15 heteroatoms. The van der Waals surface area contributed by atoms with Gasteiger partial charge in [0.25, 0.3) is 5.91 Å². The number of amides is 5. The SMILES string of the molecule is CC(C)(C)OC(=O)N[C@H]1CCCCC/C=C\[C@H]2C[C@]2(C(=O)NS(=O)(=O)C2(C)CC2)NC(=O)[C@@H]2C[C@@H](OC(=O)N3Cc4ccccc4C3)CN2C1=O. The van der Waals surface area contributed by atoms with Crippen molar-refractivity contribution in [3.05, 3.63) is 47.5 Å². The third-order valence-electron chi connectivity index (χ3n) is 10.5. The topological polar surface area (TPSA) is 181 Å². The van der Waals surface area contributed by atoms with Crippen LogP contribution in [-0.2, 0) is 47.0 Å². The highest BCUT2D eigenvalue weighted by atomic mass is 32.2. The van der Waals surface area contributed by atoms with Gasteiger partial charge in [0.15, 0.2) is 0 Å². The van der Waals surface area contributed by atoms with Crippen LogP contribution in [0.25, 0.3) is 0 Å². The van der Waals surface area contributed by atoms with Crippen LogP contribution in [0.15, 0.2) is 36.4 Å². The number of sulfonamides is 1. The van der Waals surface area contributed by atoms with E-state index in [9.17, 15) is 32.4 Å². The van der Waals surface area contributed by atoms with Gasteiger partial charge in [-0.05, 0) is 77.3 Å². The quantitative estimate of drug-likeness (QED) is 0.383. The maximum Gasteiger partial charge on any atom is 0.410 e. The number of ether oxygens (including phenoxy) is 2. The van der Waals surface area contributed by atoms with Crippen LogP contribution in [0.5, 0.6) is 0 Å². The van der Waals surface area contributed by atoms with Gasteiger partial charge >= 0.3 is 12.2 Å². The lowest BCUT2D eigenvalue weighted by Crippen LogP contribution is -2.58. The number of rotatable bonds is 5. The molecule has 0 spiro atoms. The van der Waals surface area contributed by atoms with Crippen LogP contribution in [-0.4, -0.2) is 88.7 Å². The molecular formula is C36H49N5O9S. The first-order chi connectivity index (χ1) is 24.0. The lowest BCUT2D eigenvalue weighted by Gasteiger charge is -2.30. The normalized spacial score (nSPS) is 29.6. The second kappa shape index (κ2) is 13.8.